The van der Waals surface area contributed by atoms with Crippen molar-refractivity contribution in [2.24, 2.45) is 0 Å². The quantitative estimate of drug-likeness (QED) is 0.529. The normalized spacial score (nSPS) is 21.3. The van der Waals surface area contributed by atoms with Crippen molar-refractivity contribution in [3.05, 3.63) is 111 Å². The molecule has 5 rings (SSSR count). The van der Waals surface area contributed by atoms with Crippen LogP contribution in [-0.4, -0.2) is 11.9 Å². The van der Waals surface area contributed by atoms with Crippen molar-refractivity contribution in [3.63, 3.8) is 0 Å². The van der Waals surface area contributed by atoms with Gasteiger partial charge in [0.15, 0.2) is 0 Å². The Bertz CT molecular complexity index is 1040. The molecule has 2 aliphatic rings. The van der Waals surface area contributed by atoms with Gasteiger partial charge in [-0.25, -0.2) is 0 Å². The summed E-state index contributed by atoms with van der Waals surface area (Å²) in [6.45, 7) is 0. The molecule has 0 amide bonds. The Hall–Kier alpha value is -2.36. The number of nitrogens with zero attached hydrogens (tertiary/aromatic N) is 1. The maximum absolute atomic E-state index is 3.94. The molecule has 1 aliphatic heterocycles. The lowest BCUT2D eigenvalue weighted by molar-refractivity contribution is 0.250. The molecule has 2 nitrogen and oxygen atoms in total. The van der Waals surface area contributed by atoms with E-state index in [0.717, 1.165) is 17.3 Å². The first-order chi connectivity index (χ1) is 13.7. The van der Waals surface area contributed by atoms with Gasteiger partial charge in [-0.15, -0.1) is 0 Å². The Morgan fingerprint density at radius 1 is 0.857 bits per heavy atom. The second-order valence-corrected chi connectivity index (χ2v) is 8.53. The molecule has 0 radical (unpaired) electrons. The van der Waals surface area contributed by atoms with Gasteiger partial charge in [-0.2, -0.15) is 0 Å². The van der Waals surface area contributed by atoms with Crippen LogP contribution >= 0.6 is 15.9 Å². The second kappa shape index (κ2) is 7.23. The van der Waals surface area contributed by atoms with E-state index in [2.05, 4.69) is 112 Å². The number of hydrogen-bond acceptors (Lipinski definition) is 2. The Kier molecular flexibility index (Phi) is 4.58. The van der Waals surface area contributed by atoms with E-state index in [9.17, 15) is 0 Å². The monoisotopic (exact) mass is 430 g/mol. The van der Waals surface area contributed by atoms with Crippen LogP contribution in [0, 0.1) is 0 Å². The fraction of sp³-hybridized carbons (Fsp3) is 0.200. The van der Waals surface area contributed by atoms with E-state index in [1.807, 2.05) is 0 Å². The smallest absolute Gasteiger partial charge is 0.106 e. The third-order valence-electron chi connectivity index (χ3n) is 5.95. The average molecular weight is 431 g/mol. The van der Waals surface area contributed by atoms with Crippen LogP contribution in [0.4, 0.5) is 0 Å². The number of hydrogen-bond donors (Lipinski definition) is 1. The van der Waals surface area contributed by atoms with Gasteiger partial charge >= 0.3 is 0 Å². The van der Waals surface area contributed by atoms with Crippen LogP contribution in [0.5, 0.6) is 0 Å². The Morgan fingerprint density at radius 3 is 2.43 bits per heavy atom. The molecule has 28 heavy (non-hydrogen) atoms. The van der Waals surface area contributed by atoms with Gasteiger partial charge in [0.05, 0.1) is 6.04 Å². The topological polar surface area (TPSA) is 15.3 Å². The lowest BCUT2D eigenvalue weighted by atomic mass is 9.81. The molecule has 0 fully saturated rings. The fourth-order valence-electron chi connectivity index (χ4n) is 4.67. The second-order valence-electron chi connectivity index (χ2n) is 7.61. The zero-order valence-corrected chi connectivity index (χ0v) is 17.5. The van der Waals surface area contributed by atoms with Crippen LogP contribution in [0.25, 0.3) is 5.70 Å². The molecule has 2 unspecified atom stereocenters. The number of nitrogens with one attached hydrogen (secondary N) is 1. The molecular weight excluding hydrogens is 408 g/mol. The molecule has 0 saturated carbocycles. The predicted molar refractivity (Wildman–Crippen MR) is 119 cm³/mol. The van der Waals surface area contributed by atoms with Crippen LogP contribution in [0.3, 0.4) is 0 Å². The van der Waals surface area contributed by atoms with E-state index in [1.165, 1.54) is 33.5 Å². The van der Waals surface area contributed by atoms with Gasteiger partial charge in [0.25, 0.3) is 0 Å². The highest BCUT2D eigenvalue weighted by Gasteiger charge is 2.36. The fourth-order valence-corrected chi connectivity index (χ4v) is 5.08. The third-order valence-corrected chi connectivity index (χ3v) is 6.44. The van der Waals surface area contributed by atoms with Gasteiger partial charge in [-0.3, -0.25) is 5.32 Å². The van der Waals surface area contributed by atoms with Crippen molar-refractivity contribution in [3.8, 4) is 0 Å². The first-order valence-corrected chi connectivity index (χ1v) is 10.6. The molecule has 140 valence electrons. The summed E-state index contributed by atoms with van der Waals surface area (Å²) < 4.78 is 1.11. The van der Waals surface area contributed by atoms with Crippen LogP contribution < -0.4 is 5.32 Å². The first kappa shape index (κ1) is 17.7. The summed E-state index contributed by atoms with van der Waals surface area (Å²) in [6, 6.07) is 28.6. The van der Waals surface area contributed by atoms with Crippen LogP contribution in [0.2, 0.25) is 0 Å². The lowest BCUT2D eigenvalue weighted by Crippen LogP contribution is -2.44. The van der Waals surface area contributed by atoms with Crippen molar-refractivity contribution < 1.29 is 0 Å². The van der Waals surface area contributed by atoms with Crippen molar-refractivity contribution in [2.45, 2.75) is 25.0 Å². The van der Waals surface area contributed by atoms with E-state index in [4.69, 9.17) is 0 Å². The molecule has 1 aliphatic carbocycles. The van der Waals surface area contributed by atoms with Crippen molar-refractivity contribution >= 4 is 21.6 Å². The Morgan fingerprint density at radius 2 is 1.61 bits per heavy atom. The summed E-state index contributed by atoms with van der Waals surface area (Å²) in [5, 5.41) is 3.94. The molecule has 2 atom stereocenters. The van der Waals surface area contributed by atoms with Gasteiger partial charge in [0, 0.05) is 22.8 Å². The van der Waals surface area contributed by atoms with Gasteiger partial charge < -0.3 is 4.90 Å². The number of benzene rings is 3. The molecule has 0 saturated heterocycles. The van der Waals surface area contributed by atoms with Crippen molar-refractivity contribution in [2.75, 3.05) is 7.05 Å². The van der Waals surface area contributed by atoms with Crippen LogP contribution in [-0.2, 0) is 6.42 Å². The minimum Gasteiger partial charge on any atom is -0.354 e. The molecular formula is C25H23BrN2. The summed E-state index contributed by atoms with van der Waals surface area (Å²) in [6.07, 6.45) is 2.32. The first-order valence-electron chi connectivity index (χ1n) is 9.83. The van der Waals surface area contributed by atoms with E-state index in [1.54, 1.807) is 0 Å². The highest BCUT2D eigenvalue weighted by atomic mass is 79.9. The predicted octanol–water partition coefficient (Wildman–Crippen LogP) is 6.08. The van der Waals surface area contributed by atoms with Gasteiger partial charge in [0.2, 0.25) is 0 Å². The molecule has 3 aromatic carbocycles. The van der Waals surface area contributed by atoms with Gasteiger partial charge in [0.1, 0.15) is 6.17 Å². The maximum atomic E-state index is 3.94. The largest absolute Gasteiger partial charge is 0.354 e. The van der Waals surface area contributed by atoms with Gasteiger partial charge in [-0.05, 0) is 47.2 Å². The number of halogens is 1. The SMILES string of the molecule is CN1C2=C(CCc3ccccc32)C(c2ccccc2)NC1c1cccc(Br)c1. The summed E-state index contributed by atoms with van der Waals surface area (Å²) in [5.41, 5.74) is 8.33. The van der Waals surface area contributed by atoms with Crippen LogP contribution in [0.15, 0.2) is 88.9 Å². The molecule has 0 aromatic heterocycles. The molecule has 1 N–H and O–H groups in total. The standard InChI is InChI=1S/C25H23BrN2/c1-28-24-21-13-6-5-8-17(21)14-15-22(24)23(18-9-3-2-4-10-18)27-25(28)19-11-7-12-20(26)16-19/h2-13,16,23,25,27H,14-15H2,1H3. The number of fused-ring (bicyclic) bond motifs is 2. The Balaban J connectivity index is 1.69. The summed E-state index contributed by atoms with van der Waals surface area (Å²) in [5.74, 6) is 0. The van der Waals surface area contributed by atoms with E-state index >= 15 is 0 Å². The molecule has 1 heterocycles. The van der Waals surface area contributed by atoms with Gasteiger partial charge in [-0.1, -0.05) is 82.7 Å². The lowest BCUT2D eigenvalue weighted by Gasteiger charge is -2.45. The van der Waals surface area contributed by atoms with Crippen molar-refractivity contribution in [1.82, 2.24) is 10.2 Å². The van der Waals surface area contributed by atoms with E-state index in [0.29, 0.717) is 0 Å². The highest BCUT2D eigenvalue weighted by molar-refractivity contribution is 9.10. The van der Waals surface area contributed by atoms with E-state index < -0.39 is 0 Å². The minimum atomic E-state index is 0.118. The molecule has 3 heteroatoms. The Labute approximate surface area is 175 Å². The van der Waals surface area contributed by atoms with Crippen LogP contribution in [0.1, 0.15) is 40.9 Å². The van der Waals surface area contributed by atoms with Crippen molar-refractivity contribution in [1.29, 1.82) is 0 Å². The zero-order chi connectivity index (χ0) is 19.1. The molecule has 0 bridgehead atoms. The third kappa shape index (κ3) is 2.99. The summed E-state index contributed by atoms with van der Waals surface area (Å²) in [4.78, 5) is 2.43. The molecule has 0 spiro atoms. The molecule has 3 aromatic rings. The summed E-state index contributed by atoms with van der Waals surface area (Å²) in [7, 11) is 2.22. The average Bonchev–Trinajstić information content (AvgIpc) is 2.74. The number of rotatable bonds is 2. The highest BCUT2D eigenvalue weighted by Crippen LogP contribution is 2.45. The maximum Gasteiger partial charge on any atom is 0.106 e. The zero-order valence-electron chi connectivity index (χ0n) is 15.9. The van der Waals surface area contributed by atoms with E-state index in [-0.39, 0.29) is 12.2 Å². The minimum absolute atomic E-state index is 0.118. The number of aryl methyl sites for hydroxylation is 1. The summed E-state index contributed by atoms with van der Waals surface area (Å²) >= 11 is 3.65.